The van der Waals surface area contributed by atoms with Gasteiger partial charge in [-0.3, -0.25) is 4.57 Å². The molecule has 5 aromatic rings. The van der Waals surface area contributed by atoms with Crippen molar-refractivity contribution in [2.45, 2.75) is 44.2 Å². The highest BCUT2D eigenvalue weighted by atomic mass is 16.7. The van der Waals surface area contributed by atoms with E-state index in [1.54, 1.807) is 16.7 Å². The number of rotatable bonds is 9. The van der Waals surface area contributed by atoms with Crippen molar-refractivity contribution in [2.24, 2.45) is 0 Å². The first kappa shape index (κ1) is 30.8. The molecular weight excluding hydrogens is 600 g/mol. The van der Waals surface area contributed by atoms with Gasteiger partial charge in [0.1, 0.15) is 18.3 Å². The zero-order chi connectivity index (χ0) is 32.4. The third-order valence-corrected chi connectivity index (χ3v) is 7.57. The second-order valence-electron chi connectivity index (χ2n) is 10.4. The van der Waals surface area contributed by atoms with Crippen LogP contribution in [0.3, 0.4) is 0 Å². The lowest BCUT2D eigenvalue weighted by Crippen LogP contribution is -2.60. The molecule has 0 amide bonds. The van der Waals surface area contributed by atoms with Crippen molar-refractivity contribution in [2.75, 3.05) is 13.7 Å². The van der Waals surface area contributed by atoms with Crippen molar-refractivity contribution in [1.29, 1.82) is 0 Å². The molecule has 0 saturated carbocycles. The van der Waals surface area contributed by atoms with Gasteiger partial charge in [-0.2, -0.15) is 10.2 Å². The number of carbonyl (C=O) groups is 2. The highest BCUT2D eigenvalue weighted by molar-refractivity contribution is 6.02. The van der Waals surface area contributed by atoms with Gasteiger partial charge in [0.05, 0.1) is 36.9 Å². The minimum Gasteiger partial charge on any atom is -0.467 e. The summed E-state index contributed by atoms with van der Waals surface area (Å²) < 4.78 is 22.9. The SMILES string of the molecule is CCOc1nc2cccc(C(=O)OC3OC(C(=O)OC)C(O)C(O)C3O)c2n1Cc1ccc(-c2ccccc2-c2nn[nH]n2)cc1. The minimum atomic E-state index is -1.84. The van der Waals surface area contributed by atoms with Crippen LogP contribution in [0.4, 0.5) is 0 Å². The van der Waals surface area contributed by atoms with E-state index < -0.39 is 42.6 Å². The molecule has 1 fully saturated rings. The highest BCUT2D eigenvalue weighted by Crippen LogP contribution is 2.32. The summed E-state index contributed by atoms with van der Waals surface area (Å²) in [5.74, 6) is -1.46. The molecule has 3 heterocycles. The molecule has 1 saturated heterocycles. The van der Waals surface area contributed by atoms with Crippen molar-refractivity contribution in [3.63, 3.8) is 0 Å². The maximum Gasteiger partial charge on any atom is 0.342 e. The molecule has 2 aromatic heterocycles. The van der Waals surface area contributed by atoms with E-state index in [2.05, 4.69) is 30.3 Å². The van der Waals surface area contributed by atoms with Gasteiger partial charge in [-0.1, -0.05) is 54.6 Å². The number of imidazole rings is 1. The molecule has 15 heteroatoms. The summed E-state index contributed by atoms with van der Waals surface area (Å²) in [5.41, 5.74) is 4.43. The fourth-order valence-corrected chi connectivity index (χ4v) is 5.32. The number of para-hydroxylation sites is 1. The van der Waals surface area contributed by atoms with Crippen molar-refractivity contribution in [3.8, 4) is 28.5 Å². The van der Waals surface area contributed by atoms with Crippen LogP contribution in [-0.2, 0) is 25.5 Å². The van der Waals surface area contributed by atoms with E-state index in [0.29, 0.717) is 23.5 Å². The summed E-state index contributed by atoms with van der Waals surface area (Å²) in [6.07, 6.45) is -8.95. The average molecular weight is 631 g/mol. The molecule has 1 aliphatic rings. The Morgan fingerprint density at radius 2 is 1.72 bits per heavy atom. The summed E-state index contributed by atoms with van der Waals surface area (Å²) in [4.78, 5) is 30.2. The largest absolute Gasteiger partial charge is 0.467 e. The Bertz CT molecular complexity index is 1840. The van der Waals surface area contributed by atoms with Crippen LogP contribution in [0.5, 0.6) is 6.01 Å². The molecule has 0 bridgehead atoms. The fraction of sp³-hybridized carbons (Fsp3) is 0.290. The summed E-state index contributed by atoms with van der Waals surface area (Å²) in [7, 11) is 1.07. The number of ether oxygens (including phenoxy) is 4. The number of fused-ring (bicyclic) bond motifs is 1. The standard InChI is InChI=1S/C31H30N6O9/c1-3-44-31-32-21-10-6-9-20(28(41)46-30-25(40)23(38)24(39)26(45-30)29(42)43-2)22(21)37(31)15-16-11-13-17(14-12-16)18-7-4-5-8-19(18)27-33-35-36-34-27/h4-14,23-26,30,38-40H,3,15H2,1-2H3,(H,33,34,35,36). The summed E-state index contributed by atoms with van der Waals surface area (Å²) in [6.45, 7) is 2.39. The van der Waals surface area contributed by atoms with Crippen LogP contribution in [0.2, 0.25) is 0 Å². The number of aliphatic hydroxyl groups excluding tert-OH is 3. The maximum atomic E-state index is 13.5. The first-order valence-electron chi connectivity index (χ1n) is 14.3. The Balaban J connectivity index is 1.31. The monoisotopic (exact) mass is 630 g/mol. The number of tetrazole rings is 1. The van der Waals surface area contributed by atoms with Crippen LogP contribution in [0, 0.1) is 0 Å². The number of esters is 2. The molecule has 4 N–H and O–H groups in total. The minimum absolute atomic E-state index is 0.0626. The zero-order valence-electron chi connectivity index (χ0n) is 24.7. The maximum absolute atomic E-state index is 13.5. The van der Waals surface area contributed by atoms with Gasteiger partial charge in [0.2, 0.25) is 12.1 Å². The molecule has 3 aromatic carbocycles. The van der Waals surface area contributed by atoms with Gasteiger partial charge in [-0.25, -0.2) is 9.59 Å². The Labute approximate surface area is 261 Å². The van der Waals surface area contributed by atoms with Crippen LogP contribution in [0.25, 0.3) is 33.5 Å². The molecule has 5 atom stereocenters. The van der Waals surface area contributed by atoms with Gasteiger partial charge in [0.15, 0.2) is 6.10 Å². The van der Waals surface area contributed by atoms with Gasteiger partial charge in [0.25, 0.3) is 6.01 Å². The highest BCUT2D eigenvalue weighted by Gasteiger charge is 2.49. The molecule has 6 rings (SSSR count). The van der Waals surface area contributed by atoms with Gasteiger partial charge in [0, 0.05) is 5.56 Å². The predicted molar refractivity (Wildman–Crippen MR) is 159 cm³/mol. The smallest absolute Gasteiger partial charge is 0.342 e. The Kier molecular flexibility index (Phi) is 8.72. The summed E-state index contributed by atoms with van der Waals surface area (Å²) >= 11 is 0. The molecule has 0 radical (unpaired) electrons. The first-order chi connectivity index (χ1) is 22.3. The topological polar surface area (TPSA) is 204 Å². The van der Waals surface area contributed by atoms with E-state index in [1.807, 2.05) is 55.5 Å². The van der Waals surface area contributed by atoms with Crippen LogP contribution < -0.4 is 4.74 Å². The third kappa shape index (κ3) is 5.79. The Morgan fingerprint density at radius 3 is 2.41 bits per heavy atom. The molecule has 0 aliphatic carbocycles. The van der Waals surface area contributed by atoms with Gasteiger partial charge >= 0.3 is 11.9 Å². The molecule has 1 aliphatic heterocycles. The lowest BCUT2D eigenvalue weighted by Gasteiger charge is -2.38. The number of carbonyl (C=O) groups excluding carboxylic acids is 2. The van der Waals surface area contributed by atoms with Crippen molar-refractivity contribution >= 4 is 23.0 Å². The molecule has 15 nitrogen and oxygen atoms in total. The Morgan fingerprint density at radius 1 is 0.957 bits per heavy atom. The normalized spacial score (nSPS) is 21.2. The summed E-state index contributed by atoms with van der Waals surface area (Å²) in [6, 6.07) is 20.6. The third-order valence-electron chi connectivity index (χ3n) is 7.57. The fourth-order valence-electron chi connectivity index (χ4n) is 5.32. The lowest BCUT2D eigenvalue weighted by molar-refractivity contribution is -0.279. The number of H-pyrrole nitrogens is 1. The number of methoxy groups -OCH3 is 1. The number of hydrogen-bond acceptors (Lipinski definition) is 13. The zero-order valence-corrected chi connectivity index (χ0v) is 24.7. The first-order valence-corrected chi connectivity index (χ1v) is 14.3. The second-order valence-corrected chi connectivity index (χ2v) is 10.4. The average Bonchev–Trinajstić information content (AvgIpc) is 3.74. The van der Waals surface area contributed by atoms with Gasteiger partial charge < -0.3 is 34.3 Å². The molecule has 46 heavy (non-hydrogen) atoms. The number of nitrogens with one attached hydrogen (secondary N) is 1. The van der Waals surface area contributed by atoms with Crippen molar-refractivity contribution in [1.82, 2.24) is 30.2 Å². The molecule has 0 spiro atoms. The van der Waals surface area contributed by atoms with E-state index in [4.69, 9.17) is 14.2 Å². The van der Waals surface area contributed by atoms with E-state index >= 15 is 0 Å². The number of nitrogens with zero attached hydrogens (tertiary/aromatic N) is 5. The molecular formula is C31H30N6O9. The van der Waals surface area contributed by atoms with E-state index in [0.717, 1.165) is 29.4 Å². The quantitative estimate of drug-likeness (QED) is 0.171. The van der Waals surface area contributed by atoms with Gasteiger partial charge in [-0.15, -0.1) is 10.2 Å². The van der Waals surface area contributed by atoms with Crippen molar-refractivity contribution < 1.29 is 43.9 Å². The van der Waals surface area contributed by atoms with E-state index in [-0.39, 0.29) is 18.1 Å². The van der Waals surface area contributed by atoms with E-state index in [9.17, 15) is 24.9 Å². The van der Waals surface area contributed by atoms with E-state index in [1.165, 1.54) is 6.07 Å². The Hall–Kier alpha value is -5.22. The predicted octanol–water partition coefficient (Wildman–Crippen LogP) is 1.47. The number of hydrogen-bond donors (Lipinski definition) is 4. The molecule has 5 unspecified atom stereocenters. The number of aliphatic hydroxyl groups is 3. The molecule has 238 valence electrons. The second kappa shape index (κ2) is 13.0. The number of benzene rings is 3. The lowest BCUT2D eigenvalue weighted by atomic mass is 9.98. The van der Waals surface area contributed by atoms with Crippen molar-refractivity contribution in [3.05, 3.63) is 77.9 Å². The summed E-state index contributed by atoms with van der Waals surface area (Å²) in [5, 5.41) is 45.3. The number of aromatic nitrogens is 6. The van der Waals surface area contributed by atoms with Crippen LogP contribution in [-0.4, -0.2) is 102 Å². The van der Waals surface area contributed by atoms with Gasteiger partial charge in [-0.05, 0) is 41.0 Å². The number of aromatic amines is 1. The van der Waals surface area contributed by atoms with Crippen LogP contribution >= 0.6 is 0 Å². The van der Waals surface area contributed by atoms with Crippen LogP contribution in [0.15, 0.2) is 66.7 Å². The van der Waals surface area contributed by atoms with Crippen LogP contribution in [0.1, 0.15) is 22.8 Å².